The molecule has 0 radical (unpaired) electrons. The summed E-state index contributed by atoms with van der Waals surface area (Å²) in [5.41, 5.74) is 7.98. The van der Waals surface area contributed by atoms with Crippen LogP contribution in [0, 0.1) is 5.92 Å². The van der Waals surface area contributed by atoms with Crippen LogP contribution in [0.3, 0.4) is 0 Å². The first-order chi connectivity index (χ1) is 9.94. The summed E-state index contributed by atoms with van der Waals surface area (Å²) in [4.78, 5) is 29.6. The minimum absolute atomic E-state index is 0.174. The first kappa shape index (κ1) is 14.2. The smallest absolute Gasteiger partial charge is 0.350 e. The van der Waals surface area contributed by atoms with Crippen molar-refractivity contribution >= 4 is 30.8 Å². The van der Waals surface area contributed by atoms with Gasteiger partial charge in [0.1, 0.15) is 19.0 Å². The summed E-state index contributed by atoms with van der Waals surface area (Å²) in [6.07, 6.45) is 5.14. The third-order valence-corrected chi connectivity index (χ3v) is 3.64. The lowest BCUT2D eigenvalue weighted by atomic mass is 10.4. The summed E-state index contributed by atoms with van der Waals surface area (Å²) in [5, 5.41) is 0. The zero-order chi connectivity index (χ0) is 15.0. The lowest BCUT2D eigenvalue weighted by Crippen LogP contribution is -1.99. The van der Waals surface area contributed by atoms with E-state index in [0.29, 0.717) is 23.6 Å². The number of hydrogen-bond donors (Lipinski definition) is 3. The molecule has 112 valence electrons. The van der Waals surface area contributed by atoms with Crippen LogP contribution in [0.5, 0.6) is 0 Å². The molecular weight excluding hydrogens is 297 g/mol. The number of anilines is 1. The van der Waals surface area contributed by atoms with Crippen molar-refractivity contribution in [2.45, 2.75) is 6.42 Å². The highest BCUT2D eigenvalue weighted by atomic mass is 31.2. The Balaban J connectivity index is 1.67. The number of aromatic nitrogens is 4. The molecule has 0 amide bonds. The topological polar surface area (TPSA) is 136 Å². The third-order valence-electron chi connectivity index (χ3n) is 3.12. The van der Waals surface area contributed by atoms with E-state index in [1.54, 1.807) is 10.9 Å². The van der Waals surface area contributed by atoms with Crippen molar-refractivity contribution in [2.24, 2.45) is 5.92 Å². The van der Waals surface area contributed by atoms with Gasteiger partial charge in [0.2, 0.25) is 0 Å². The average molecular weight is 311 g/mol. The Hall–Kier alpha value is -1.80. The maximum atomic E-state index is 10.7. The highest BCUT2D eigenvalue weighted by Crippen LogP contribution is 2.40. The summed E-state index contributed by atoms with van der Waals surface area (Å²) in [6.45, 7) is 0.292. The van der Waals surface area contributed by atoms with Crippen molar-refractivity contribution in [2.75, 3.05) is 18.7 Å². The van der Waals surface area contributed by atoms with Crippen molar-refractivity contribution < 1.29 is 19.1 Å². The Morgan fingerprint density at radius 2 is 2.29 bits per heavy atom. The number of imidazole rings is 1. The van der Waals surface area contributed by atoms with Gasteiger partial charge in [0.05, 0.1) is 6.61 Å². The van der Waals surface area contributed by atoms with Gasteiger partial charge >= 0.3 is 7.60 Å². The molecule has 0 saturated heterocycles. The fourth-order valence-electron chi connectivity index (χ4n) is 2.01. The Labute approximate surface area is 119 Å². The van der Waals surface area contributed by atoms with Crippen molar-refractivity contribution in [1.29, 1.82) is 0 Å². The number of nitrogens with zero attached hydrogens (tertiary/aromatic N) is 4. The van der Waals surface area contributed by atoms with Crippen LogP contribution in [0.15, 0.2) is 18.2 Å². The number of rotatable bonds is 5. The fourth-order valence-corrected chi connectivity index (χ4v) is 2.35. The second kappa shape index (κ2) is 5.19. The van der Waals surface area contributed by atoms with E-state index >= 15 is 0 Å². The molecule has 2 aromatic heterocycles. The van der Waals surface area contributed by atoms with Crippen LogP contribution in [0.25, 0.3) is 17.4 Å². The van der Waals surface area contributed by atoms with Gasteiger partial charge < -0.3 is 20.3 Å². The first-order valence-electron chi connectivity index (χ1n) is 6.20. The minimum atomic E-state index is -4.10. The zero-order valence-corrected chi connectivity index (χ0v) is 11.8. The van der Waals surface area contributed by atoms with E-state index in [9.17, 15) is 4.57 Å². The van der Waals surface area contributed by atoms with Crippen LogP contribution in [-0.2, 0) is 9.30 Å². The van der Waals surface area contributed by atoms with E-state index in [-0.39, 0.29) is 5.92 Å². The molecule has 10 heteroatoms. The molecule has 0 spiro atoms. The zero-order valence-electron chi connectivity index (χ0n) is 11.0. The monoisotopic (exact) mass is 311 g/mol. The molecule has 2 aromatic rings. The van der Waals surface area contributed by atoms with Gasteiger partial charge in [-0.25, -0.2) is 15.0 Å². The SMILES string of the molecule is Nc1ncnc2c1ncn2/C=C1/CC1COCP(=O)(O)O. The van der Waals surface area contributed by atoms with Gasteiger partial charge in [-0.05, 0) is 12.0 Å². The summed E-state index contributed by atoms with van der Waals surface area (Å²) in [7, 11) is -4.10. The standard InChI is InChI=1S/C11H14N5O4P/c12-10-9-11(14-4-13-10)16(5-15-9)2-7-1-8(7)3-20-6-21(17,18)19/h2,4-5,8H,1,3,6H2,(H2,12,13,14)(H2,17,18,19)/b7-2-. The largest absolute Gasteiger partial charge is 0.382 e. The Morgan fingerprint density at radius 3 is 3.05 bits per heavy atom. The molecule has 3 rings (SSSR count). The number of nitrogen functional groups attached to an aromatic ring is 1. The number of hydrogen-bond acceptors (Lipinski definition) is 6. The average Bonchev–Trinajstić information content (AvgIpc) is 2.98. The molecule has 1 aliphatic carbocycles. The quantitative estimate of drug-likeness (QED) is 0.676. The van der Waals surface area contributed by atoms with E-state index in [0.717, 1.165) is 12.0 Å². The lowest BCUT2D eigenvalue weighted by Gasteiger charge is -2.03. The normalized spacial score (nSPS) is 20.3. The highest BCUT2D eigenvalue weighted by Gasteiger charge is 2.31. The van der Waals surface area contributed by atoms with Gasteiger partial charge in [0.15, 0.2) is 17.0 Å². The molecular formula is C11H14N5O4P. The van der Waals surface area contributed by atoms with Crippen molar-refractivity contribution in [3.8, 4) is 0 Å². The van der Waals surface area contributed by atoms with Crippen LogP contribution in [0.1, 0.15) is 6.42 Å². The highest BCUT2D eigenvalue weighted by molar-refractivity contribution is 7.51. The number of fused-ring (bicyclic) bond motifs is 1. The summed E-state index contributed by atoms with van der Waals surface area (Å²) in [5.74, 6) is 0.502. The predicted octanol–water partition coefficient (Wildman–Crippen LogP) is 0.421. The van der Waals surface area contributed by atoms with Crippen molar-refractivity contribution in [3.63, 3.8) is 0 Å². The Bertz CT molecular complexity index is 752. The van der Waals surface area contributed by atoms with Gasteiger partial charge in [0, 0.05) is 12.1 Å². The van der Waals surface area contributed by atoms with Gasteiger partial charge in [-0.1, -0.05) is 0 Å². The molecule has 2 heterocycles. The molecule has 1 atom stereocenters. The van der Waals surface area contributed by atoms with E-state index in [1.165, 1.54) is 6.33 Å². The maximum absolute atomic E-state index is 10.7. The molecule has 9 nitrogen and oxygen atoms in total. The minimum Gasteiger partial charge on any atom is -0.382 e. The number of ether oxygens (including phenoxy) is 1. The molecule has 1 fully saturated rings. The Morgan fingerprint density at radius 1 is 1.48 bits per heavy atom. The molecule has 1 unspecified atom stereocenters. The molecule has 4 N–H and O–H groups in total. The van der Waals surface area contributed by atoms with Gasteiger partial charge in [-0.3, -0.25) is 9.13 Å². The first-order valence-corrected chi connectivity index (χ1v) is 8.00. The van der Waals surface area contributed by atoms with E-state index in [1.807, 2.05) is 6.20 Å². The molecule has 21 heavy (non-hydrogen) atoms. The van der Waals surface area contributed by atoms with Crippen LogP contribution >= 0.6 is 7.60 Å². The number of nitrogens with two attached hydrogens (primary N) is 1. The lowest BCUT2D eigenvalue weighted by molar-refractivity contribution is 0.150. The predicted molar refractivity (Wildman–Crippen MR) is 75.0 cm³/mol. The van der Waals surface area contributed by atoms with Crippen LogP contribution in [-0.4, -0.2) is 42.3 Å². The van der Waals surface area contributed by atoms with Gasteiger partial charge in [0.25, 0.3) is 0 Å². The fraction of sp³-hybridized carbons (Fsp3) is 0.364. The Kier molecular flexibility index (Phi) is 3.50. The second-order valence-corrected chi connectivity index (χ2v) is 6.44. The molecule has 0 bridgehead atoms. The molecule has 1 aliphatic rings. The van der Waals surface area contributed by atoms with E-state index in [4.69, 9.17) is 20.3 Å². The van der Waals surface area contributed by atoms with Gasteiger partial charge in [-0.2, -0.15) is 0 Å². The van der Waals surface area contributed by atoms with Crippen molar-refractivity contribution in [1.82, 2.24) is 19.5 Å². The molecule has 0 aromatic carbocycles. The van der Waals surface area contributed by atoms with E-state index in [2.05, 4.69) is 15.0 Å². The van der Waals surface area contributed by atoms with Crippen LogP contribution < -0.4 is 5.73 Å². The summed E-state index contributed by atoms with van der Waals surface area (Å²) in [6, 6.07) is 0. The summed E-state index contributed by atoms with van der Waals surface area (Å²) < 4.78 is 17.4. The van der Waals surface area contributed by atoms with Crippen LogP contribution in [0.4, 0.5) is 5.82 Å². The van der Waals surface area contributed by atoms with Crippen molar-refractivity contribution in [3.05, 3.63) is 18.2 Å². The van der Waals surface area contributed by atoms with E-state index < -0.39 is 13.9 Å². The van der Waals surface area contributed by atoms with Gasteiger partial charge in [-0.15, -0.1) is 0 Å². The maximum Gasteiger partial charge on any atom is 0.350 e. The van der Waals surface area contributed by atoms with Crippen LogP contribution in [0.2, 0.25) is 0 Å². The molecule has 1 saturated carbocycles. The summed E-state index contributed by atoms with van der Waals surface area (Å²) >= 11 is 0. The molecule has 0 aliphatic heterocycles. The third kappa shape index (κ3) is 3.27. The second-order valence-electron chi connectivity index (χ2n) is 4.85.